The molecule has 1 aliphatic rings. The van der Waals surface area contributed by atoms with E-state index in [0.29, 0.717) is 25.6 Å². The Morgan fingerprint density at radius 1 is 1.40 bits per heavy atom. The third-order valence-electron chi connectivity index (χ3n) is 2.50. The van der Waals surface area contributed by atoms with Gasteiger partial charge in [-0.3, -0.25) is 0 Å². The van der Waals surface area contributed by atoms with E-state index < -0.39 is 0 Å². The molecule has 1 aromatic carbocycles. The molecule has 0 spiro atoms. The van der Waals surface area contributed by atoms with E-state index in [1.807, 2.05) is 30.3 Å². The highest BCUT2D eigenvalue weighted by Gasteiger charge is 2.29. The summed E-state index contributed by atoms with van der Waals surface area (Å²) in [5.74, 6) is 1.28. The first-order valence-electron chi connectivity index (χ1n) is 4.98. The molecule has 2 amide bonds. The number of carbonyl (C=O) groups is 1. The number of primary amides is 1. The van der Waals surface area contributed by atoms with Crippen LogP contribution in [0.15, 0.2) is 30.3 Å². The van der Waals surface area contributed by atoms with Crippen LogP contribution in [0.3, 0.4) is 0 Å². The molecule has 1 aliphatic heterocycles. The van der Waals surface area contributed by atoms with Crippen LogP contribution in [0.1, 0.15) is 0 Å². The van der Waals surface area contributed by atoms with Gasteiger partial charge in [0.2, 0.25) is 0 Å². The molecule has 0 aliphatic carbocycles. The van der Waals surface area contributed by atoms with Crippen LogP contribution in [-0.4, -0.2) is 30.6 Å². The van der Waals surface area contributed by atoms with Crippen molar-refractivity contribution in [2.24, 2.45) is 11.7 Å². The van der Waals surface area contributed by atoms with E-state index >= 15 is 0 Å². The number of nitrogens with two attached hydrogens (primary N) is 1. The molecular formula is C11H14N2O2. The fraction of sp³-hybridized carbons (Fsp3) is 0.364. The maximum atomic E-state index is 10.7. The number of nitrogens with zero attached hydrogens (tertiary/aromatic N) is 1. The van der Waals surface area contributed by atoms with E-state index in [9.17, 15) is 4.79 Å². The number of ether oxygens (including phenoxy) is 1. The smallest absolute Gasteiger partial charge is 0.314 e. The number of para-hydroxylation sites is 1. The van der Waals surface area contributed by atoms with Crippen LogP contribution in [0.5, 0.6) is 5.75 Å². The minimum Gasteiger partial charge on any atom is -0.493 e. The van der Waals surface area contributed by atoms with Crippen molar-refractivity contribution in [1.82, 2.24) is 4.90 Å². The number of benzene rings is 1. The van der Waals surface area contributed by atoms with Crippen molar-refractivity contribution in [3.05, 3.63) is 30.3 Å². The van der Waals surface area contributed by atoms with Crippen molar-refractivity contribution in [3.63, 3.8) is 0 Å². The maximum absolute atomic E-state index is 10.7. The van der Waals surface area contributed by atoms with E-state index in [1.165, 1.54) is 0 Å². The Bertz CT molecular complexity index is 334. The molecule has 0 bridgehead atoms. The number of rotatable bonds is 3. The molecule has 0 radical (unpaired) electrons. The second-order valence-corrected chi connectivity index (χ2v) is 3.73. The number of likely N-dealkylation sites (tertiary alicyclic amines) is 1. The second kappa shape index (κ2) is 4.21. The molecule has 0 saturated carbocycles. The average molecular weight is 206 g/mol. The monoisotopic (exact) mass is 206 g/mol. The molecule has 0 atom stereocenters. The molecule has 4 heteroatoms. The number of urea groups is 1. The first-order valence-corrected chi connectivity index (χ1v) is 4.98. The highest BCUT2D eigenvalue weighted by Crippen LogP contribution is 2.17. The van der Waals surface area contributed by atoms with Gasteiger partial charge in [-0.1, -0.05) is 18.2 Å². The number of carbonyl (C=O) groups excluding carboxylic acids is 1. The van der Waals surface area contributed by atoms with Gasteiger partial charge in [-0.25, -0.2) is 4.79 Å². The first kappa shape index (κ1) is 9.83. The van der Waals surface area contributed by atoms with Crippen LogP contribution in [0.4, 0.5) is 4.79 Å². The number of hydrogen-bond acceptors (Lipinski definition) is 2. The standard InChI is InChI=1S/C11H14N2O2/c12-11(14)13-6-9(7-13)8-15-10-4-2-1-3-5-10/h1-5,9H,6-8H2,(H2,12,14). The highest BCUT2D eigenvalue weighted by molar-refractivity contribution is 5.72. The van der Waals surface area contributed by atoms with Gasteiger partial charge in [0.25, 0.3) is 0 Å². The summed E-state index contributed by atoms with van der Waals surface area (Å²) < 4.78 is 5.56. The predicted octanol–water partition coefficient (Wildman–Crippen LogP) is 1.08. The summed E-state index contributed by atoms with van der Waals surface area (Å²) in [7, 11) is 0. The summed E-state index contributed by atoms with van der Waals surface area (Å²) in [5.41, 5.74) is 5.11. The molecule has 80 valence electrons. The Labute approximate surface area is 88.6 Å². The maximum Gasteiger partial charge on any atom is 0.314 e. The summed E-state index contributed by atoms with van der Waals surface area (Å²) >= 11 is 0. The Kier molecular flexibility index (Phi) is 2.76. The van der Waals surface area contributed by atoms with Crippen LogP contribution in [0.25, 0.3) is 0 Å². The quantitative estimate of drug-likeness (QED) is 0.804. The molecule has 2 N–H and O–H groups in total. The van der Waals surface area contributed by atoms with Gasteiger partial charge in [0.1, 0.15) is 5.75 Å². The van der Waals surface area contributed by atoms with E-state index in [1.54, 1.807) is 4.90 Å². The summed E-state index contributed by atoms with van der Waals surface area (Å²) in [4.78, 5) is 12.3. The van der Waals surface area contributed by atoms with Crippen LogP contribution in [0.2, 0.25) is 0 Å². The highest BCUT2D eigenvalue weighted by atomic mass is 16.5. The zero-order valence-corrected chi connectivity index (χ0v) is 8.43. The van der Waals surface area contributed by atoms with Gasteiger partial charge in [0.15, 0.2) is 0 Å². The Morgan fingerprint density at radius 2 is 2.07 bits per heavy atom. The van der Waals surface area contributed by atoms with E-state index in [4.69, 9.17) is 10.5 Å². The predicted molar refractivity (Wildman–Crippen MR) is 56.6 cm³/mol. The molecule has 2 rings (SSSR count). The zero-order chi connectivity index (χ0) is 10.7. The van der Waals surface area contributed by atoms with Gasteiger partial charge in [0.05, 0.1) is 6.61 Å². The molecule has 1 aromatic rings. The second-order valence-electron chi connectivity index (χ2n) is 3.73. The summed E-state index contributed by atoms with van der Waals surface area (Å²) in [6.45, 7) is 2.07. The molecule has 15 heavy (non-hydrogen) atoms. The van der Waals surface area contributed by atoms with Crippen molar-refractivity contribution in [1.29, 1.82) is 0 Å². The Morgan fingerprint density at radius 3 is 2.67 bits per heavy atom. The molecule has 0 unspecified atom stereocenters. The van der Waals surface area contributed by atoms with Gasteiger partial charge in [-0.15, -0.1) is 0 Å². The van der Waals surface area contributed by atoms with Crippen molar-refractivity contribution >= 4 is 6.03 Å². The number of hydrogen-bond donors (Lipinski definition) is 1. The minimum atomic E-state index is -0.342. The third-order valence-corrected chi connectivity index (χ3v) is 2.50. The first-order chi connectivity index (χ1) is 7.25. The fourth-order valence-electron chi connectivity index (χ4n) is 1.59. The minimum absolute atomic E-state index is 0.342. The van der Waals surface area contributed by atoms with Gasteiger partial charge in [-0.05, 0) is 12.1 Å². The normalized spacial score (nSPS) is 15.9. The molecule has 4 nitrogen and oxygen atoms in total. The van der Waals surface area contributed by atoms with Crippen molar-refractivity contribution in [2.45, 2.75) is 0 Å². The van der Waals surface area contributed by atoms with E-state index in [2.05, 4.69) is 0 Å². The van der Waals surface area contributed by atoms with Crippen LogP contribution < -0.4 is 10.5 Å². The lowest BCUT2D eigenvalue weighted by molar-refractivity contribution is 0.0903. The zero-order valence-electron chi connectivity index (χ0n) is 8.43. The Hall–Kier alpha value is -1.71. The lowest BCUT2D eigenvalue weighted by atomic mass is 10.0. The van der Waals surface area contributed by atoms with E-state index in [-0.39, 0.29) is 6.03 Å². The van der Waals surface area contributed by atoms with Gasteiger partial charge in [-0.2, -0.15) is 0 Å². The number of amides is 2. The average Bonchev–Trinajstić information content (AvgIpc) is 2.16. The lowest BCUT2D eigenvalue weighted by Crippen LogP contribution is -2.54. The molecular weight excluding hydrogens is 192 g/mol. The van der Waals surface area contributed by atoms with Crippen LogP contribution in [0, 0.1) is 5.92 Å². The molecule has 0 aromatic heterocycles. The molecule has 1 saturated heterocycles. The summed E-state index contributed by atoms with van der Waals surface area (Å²) in [6, 6.07) is 9.32. The Balaban J connectivity index is 1.71. The summed E-state index contributed by atoms with van der Waals surface area (Å²) in [6.07, 6.45) is 0. The van der Waals surface area contributed by atoms with Crippen LogP contribution in [-0.2, 0) is 0 Å². The molecule has 1 fully saturated rings. The van der Waals surface area contributed by atoms with Gasteiger partial charge >= 0.3 is 6.03 Å². The third kappa shape index (κ3) is 2.40. The van der Waals surface area contributed by atoms with Crippen molar-refractivity contribution in [2.75, 3.05) is 19.7 Å². The van der Waals surface area contributed by atoms with Crippen LogP contribution >= 0.6 is 0 Å². The van der Waals surface area contributed by atoms with Gasteiger partial charge < -0.3 is 15.4 Å². The molecule has 1 heterocycles. The van der Waals surface area contributed by atoms with Crippen molar-refractivity contribution < 1.29 is 9.53 Å². The fourth-order valence-corrected chi connectivity index (χ4v) is 1.59. The SMILES string of the molecule is NC(=O)N1CC(COc2ccccc2)C1. The van der Waals surface area contributed by atoms with E-state index in [0.717, 1.165) is 5.75 Å². The topological polar surface area (TPSA) is 55.6 Å². The van der Waals surface area contributed by atoms with Gasteiger partial charge in [0, 0.05) is 19.0 Å². The summed E-state index contributed by atoms with van der Waals surface area (Å²) in [5, 5.41) is 0. The largest absolute Gasteiger partial charge is 0.493 e. The van der Waals surface area contributed by atoms with Crippen molar-refractivity contribution in [3.8, 4) is 5.75 Å². The lowest BCUT2D eigenvalue weighted by Gasteiger charge is -2.37.